The van der Waals surface area contributed by atoms with Crippen LogP contribution in [0, 0.1) is 0 Å². The lowest BCUT2D eigenvalue weighted by Gasteiger charge is -2.10. The summed E-state index contributed by atoms with van der Waals surface area (Å²) in [4.78, 5) is 29.1. The van der Waals surface area contributed by atoms with Crippen LogP contribution in [-0.4, -0.2) is 25.1 Å². The Morgan fingerprint density at radius 1 is 1.16 bits per heavy atom. The first-order valence-electron chi connectivity index (χ1n) is 7.80. The summed E-state index contributed by atoms with van der Waals surface area (Å²) < 4.78 is 3.14. The Bertz CT molecular complexity index is 1160. The van der Waals surface area contributed by atoms with Crippen molar-refractivity contribution >= 4 is 22.5 Å². The van der Waals surface area contributed by atoms with Crippen LogP contribution in [0.25, 0.3) is 16.6 Å². The van der Waals surface area contributed by atoms with E-state index in [1.807, 2.05) is 42.5 Å². The van der Waals surface area contributed by atoms with Crippen LogP contribution >= 0.6 is 0 Å². The van der Waals surface area contributed by atoms with Crippen molar-refractivity contribution in [3.8, 4) is 0 Å². The number of aryl methyl sites for hydroxylation is 1. The highest BCUT2D eigenvalue weighted by Gasteiger charge is 2.14. The third-order valence-electron chi connectivity index (χ3n) is 4.19. The highest BCUT2D eigenvalue weighted by atomic mass is 16.2. The number of benzene rings is 1. The highest BCUT2D eigenvalue weighted by molar-refractivity contribution is 5.97. The molecule has 3 aromatic heterocycles. The number of carbonyl (C=O) groups excluding carboxylic acids is 1. The SMILES string of the molecule is Cn1c(=O)c(C(=O)NCc2cccc3ncnn23)cc2ccccc21. The summed E-state index contributed by atoms with van der Waals surface area (Å²) in [5, 5.41) is 7.76. The van der Waals surface area contributed by atoms with Gasteiger partial charge in [-0.2, -0.15) is 5.10 Å². The normalized spacial score (nSPS) is 11.1. The van der Waals surface area contributed by atoms with Gasteiger partial charge in [0.15, 0.2) is 5.65 Å². The highest BCUT2D eigenvalue weighted by Crippen LogP contribution is 2.12. The van der Waals surface area contributed by atoms with E-state index in [1.165, 1.54) is 10.9 Å². The largest absolute Gasteiger partial charge is 0.346 e. The molecule has 124 valence electrons. The lowest BCUT2D eigenvalue weighted by Crippen LogP contribution is -2.32. The van der Waals surface area contributed by atoms with E-state index in [-0.39, 0.29) is 17.7 Å². The minimum Gasteiger partial charge on any atom is -0.346 e. The molecule has 0 aliphatic carbocycles. The van der Waals surface area contributed by atoms with Crippen molar-refractivity contribution in [3.63, 3.8) is 0 Å². The van der Waals surface area contributed by atoms with Gasteiger partial charge in [-0.15, -0.1) is 0 Å². The Kier molecular flexibility index (Phi) is 3.53. The lowest BCUT2D eigenvalue weighted by atomic mass is 10.1. The summed E-state index contributed by atoms with van der Waals surface area (Å²) in [6.45, 7) is 0.246. The van der Waals surface area contributed by atoms with Gasteiger partial charge in [0.25, 0.3) is 11.5 Å². The molecule has 0 saturated heterocycles. The van der Waals surface area contributed by atoms with Crippen LogP contribution in [-0.2, 0) is 13.6 Å². The van der Waals surface area contributed by atoms with E-state index in [4.69, 9.17) is 0 Å². The first-order chi connectivity index (χ1) is 12.1. The number of nitrogens with zero attached hydrogens (tertiary/aromatic N) is 4. The van der Waals surface area contributed by atoms with Gasteiger partial charge in [0.1, 0.15) is 11.9 Å². The van der Waals surface area contributed by atoms with Crippen molar-refractivity contribution in [1.82, 2.24) is 24.5 Å². The molecule has 1 amide bonds. The van der Waals surface area contributed by atoms with Gasteiger partial charge >= 0.3 is 0 Å². The molecule has 0 atom stereocenters. The zero-order valence-electron chi connectivity index (χ0n) is 13.5. The molecule has 0 bridgehead atoms. The van der Waals surface area contributed by atoms with Crippen LogP contribution in [0.2, 0.25) is 0 Å². The molecule has 4 aromatic rings. The first-order valence-corrected chi connectivity index (χ1v) is 7.80. The fraction of sp³-hybridized carbons (Fsp3) is 0.111. The summed E-state index contributed by atoms with van der Waals surface area (Å²) in [6.07, 6.45) is 1.46. The molecule has 1 N–H and O–H groups in total. The summed E-state index contributed by atoms with van der Waals surface area (Å²) in [5.41, 5.74) is 2.06. The van der Waals surface area contributed by atoms with E-state index in [9.17, 15) is 9.59 Å². The molecule has 25 heavy (non-hydrogen) atoms. The van der Waals surface area contributed by atoms with E-state index in [2.05, 4.69) is 15.4 Å². The van der Waals surface area contributed by atoms with Crippen molar-refractivity contribution in [2.24, 2.45) is 7.05 Å². The predicted octanol–water partition coefficient (Wildman–Crippen LogP) is 1.51. The average molecular weight is 333 g/mol. The summed E-state index contributed by atoms with van der Waals surface area (Å²) >= 11 is 0. The van der Waals surface area contributed by atoms with Gasteiger partial charge in [0.05, 0.1) is 17.8 Å². The van der Waals surface area contributed by atoms with E-state index in [1.54, 1.807) is 17.6 Å². The quantitative estimate of drug-likeness (QED) is 0.616. The second-order valence-corrected chi connectivity index (χ2v) is 5.71. The van der Waals surface area contributed by atoms with Crippen LogP contribution in [0.3, 0.4) is 0 Å². The molecule has 4 rings (SSSR count). The molecule has 0 radical (unpaired) electrons. The van der Waals surface area contributed by atoms with Gasteiger partial charge < -0.3 is 9.88 Å². The Labute approximate surface area is 142 Å². The van der Waals surface area contributed by atoms with Gasteiger partial charge in [-0.25, -0.2) is 9.50 Å². The second kappa shape index (κ2) is 5.86. The van der Waals surface area contributed by atoms with E-state index < -0.39 is 5.91 Å². The average Bonchev–Trinajstić information content (AvgIpc) is 3.12. The number of para-hydroxylation sites is 1. The molecule has 0 aliphatic rings. The smallest absolute Gasteiger partial charge is 0.263 e. The van der Waals surface area contributed by atoms with Crippen molar-refractivity contribution in [2.45, 2.75) is 6.54 Å². The molecule has 7 nitrogen and oxygen atoms in total. The maximum Gasteiger partial charge on any atom is 0.263 e. The van der Waals surface area contributed by atoms with Crippen LogP contribution in [0.1, 0.15) is 16.1 Å². The predicted molar refractivity (Wildman–Crippen MR) is 93.3 cm³/mol. The maximum atomic E-state index is 12.5. The molecule has 0 spiro atoms. The summed E-state index contributed by atoms with van der Waals surface area (Å²) in [7, 11) is 1.66. The number of pyridine rings is 2. The number of amides is 1. The van der Waals surface area contributed by atoms with Gasteiger partial charge in [-0.1, -0.05) is 24.3 Å². The topological polar surface area (TPSA) is 81.3 Å². The minimum absolute atomic E-state index is 0.118. The summed E-state index contributed by atoms with van der Waals surface area (Å²) in [5.74, 6) is -0.413. The number of hydrogen-bond donors (Lipinski definition) is 1. The second-order valence-electron chi connectivity index (χ2n) is 5.71. The van der Waals surface area contributed by atoms with Gasteiger partial charge in [0, 0.05) is 7.05 Å². The van der Waals surface area contributed by atoms with E-state index >= 15 is 0 Å². The van der Waals surface area contributed by atoms with Crippen molar-refractivity contribution in [1.29, 1.82) is 0 Å². The molecule has 0 unspecified atom stereocenters. The molecule has 0 saturated carbocycles. The van der Waals surface area contributed by atoms with Crippen molar-refractivity contribution in [2.75, 3.05) is 0 Å². The first kappa shape index (κ1) is 15.1. The maximum absolute atomic E-state index is 12.5. The Morgan fingerprint density at radius 3 is 2.88 bits per heavy atom. The molecular formula is C18H15N5O2. The number of rotatable bonds is 3. The number of carbonyl (C=O) groups is 1. The van der Waals surface area contributed by atoms with Gasteiger partial charge in [-0.05, 0) is 29.7 Å². The third kappa shape index (κ3) is 2.55. The molecule has 3 heterocycles. The van der Waals surface area contributed by atoms with Crippen molar-refractivity contribution in [3.05, 3.63) is 76.5 Å². The molecular weight excluding hydrogens is 318 g/mol. The standard InChI is InChI=1S/C18H15N5O2/c1-22-15-7-3-2-5-12(15)9-14(18(22)25)17(24)19-10-13-6-4-8-16-20-11-21-23(13)16/h2-9,11H,10H2,1H3,(H,19,24). The fourth-order valence-corrected chi connectivity index (χ4v) is 2.89. The fourth-order valence-electron chi connectivity index (χ4n) is 2.89. The van der Waals surface area contributed by atoms with Crippen LogP contribution in [0.5, 0.6) is 0 Å². The zero-order valence-corrected chi connectivity index (χ0v) is 13.5. The lowest BCUT2D eigenvalue weighted by molar-refractivity contribution is 0.0948. The molecule has 7 heteroatoms. The number of hydrogen-bond acceptors (Lipinski definition) is 4. The zero-order chi connectivity index (χ0) is 17.4. The summed E-state index contributed by atoms with van der Waals surface area (Å²) in [6, 6.07) is 14.6. The number of aromatic nitrogens is 4. The Hall–Kier alpha value is -3.48. The van der Waals surface area contributed by atoms with E-state index in [0.717, 1.165) is 16.6 Å². The monoisotopic (exact) mass is 333 g/mol. The van der Waals surface area contributed by atoms with Crippen LogP contribution < -0.4 is 10.9 Å². The molecule has 1 aromatic carbocycles. The third-order valence-corrected chi connectivity index (χ3v) is 4.19. The van der Waals surface area contributed by atoms with Gasteiger partial charge in [0.2, 0.25) is 0 Å². The Morgan fingerprint density at radius 2 is 2.00 bits per heavy atom. The molecule has 0 fully saturated rings. The number of nitrogens with one attached hydrogen (secondary N) is 1. The Balaban J connectivity index is 1.65. The van der Waals surface area contributed by atoms with Crippen LogP contribution in [0.15, 0.2) is 59.7 Å². The minimum atomic E-state index is -0.413. The van der Waals surface area contributed by atoms with Crippen molar-refractivity contribution < 1.29 is 4.79 Å². The van der Waals surface area contributed by atoms with Crippen LogP contribution in [0.4, 0.5) is 0 Å². The molecule has 0 aliphatic heterocycles. The van der Waals surface area contributed by atoms with Gasteiger partial charge in [-0.3, -0.25) is 9.59 Å². The number of fused-ring (bicyclic) bond motifs is 2. The van der Waals surface area contributed by atoms with E-state index in [0.29, 0.717) is 5.65 Å².